The number of urea groups is 1. The van der Waals surface area contributed by atoms with E-state index in [0.717, 1.165) is 10.7 Å². The summed E-state index contributed by atoms with van der Waals surface area (Å²) in [6, 6.07) is -0.253. The van der Waals surface area contributed by atoms with E-state index >= 15 is 0 Å². The Hall–Kier alpha value is -1.89. The molecule has 2 N–H and O–H groups in total. The van der Waals surface area contributed by atoms with Gasteiger partial charge in [0.2, 0.25) is 0 Å². The van der Waals surface area contributed by atoms with Gasteiger partial charge in [0, 0.05) is 24.8 Å². The average Bonchev–Trinajstić information content (AvgIpc) is 2.87. The molecule has 0 fully saturated rings. The maximum absolute atomic E-state index is 11.6. The SMILES string of the molecule is Cc1nn(C)cc1NC(=O)NCc1nccs1. The fourth-order valence-corrected chi connectivity index (χ4v) is 1.94. The second-order valence-electron chi connectivity index (χ2n) is 3.54. The Balaban J connectivity index is 1.87. The van der Waals surface area contributed by atoms with E-state index in [1.807, 2.05) is 19.4 Å². The van der Waals surface area contributed by atoms with E-state index in [0.29, 0.717) is 12.2 Å². The van der Waals surface area contributed by atoms with Crippen LogP contribution in [0.25, 0.3) is 0 Å². The Morgan fingerprint density at radius 1 is 1.59 bits per heavy atom. The molecule has 0 saturated heterocycles. The normalized spacial score (nSPS) is 10.2. The maximum atomic E-state index is 11.6. The third-order valence-electron chi connectivity index (χ3n) is 2.15. The molecule has 7 heteroatoms. The summed E-state index contributed by atoms with van der Waals surface area (Å²) >= 11 is 1.51. The summed E-state index contributed by atoms with van der Waals surface area (Å²) in [7, 11) is 1.81. The lowest BCUT2D eigenvalue weighted by molar-refractivity contribution is 0.251. The molecule has 2 heterocycles. The van der Waals surface area contributed by atoms with Crippen LogP contribution >= 0.6 is 11.3 Å². The van der Waals surface area contributed by atoms with Crippen LogP contribution in [0.15, 0.2) is 17.8 Å². The van der Waals surface area contributed by atoms with E-state index in [9.17, 15) is 4.79 Å². The van der Waals surface area contributed by atoms with Gasteiger partial charge in [-0.3, -0.25) is 4.68 Å². The Morgan fingerprint density at radius 3 is 3.00 bits per heavy atom. The standard InChI is InChI=1S/C10H13N5OS/c1-7-8(6-15(2)14-7)13-10(16)12-5-9-11-3-4-17-9/h3-4,6H,5H2,1-2H3,(H2,12,13,16). The zero-order valence-electron chi connectivity index (χ0n) is 9.60. The fraction of sp³-hybridized carbons (Fsp3) is 0.300. The first kappa shape index (κ1) is 11.6. The predicted molar refractivity (Wildman–Crippen MR) is 65.9 cm³/mol. The van der Waals surface area contributed by atoms with Crippen molar-refractivity contribution < 1.29 is 4.79 Å². The molecule has 2 aromatic heterocycles. The number of carbonyl (C=O) groups excluding carboxylic acids is 1. The van der Waals surface area contributed by atoms with E-state index in [-0.39, 0.29) is 6.03 Å². The van der Waals surface area contributed by atoms with E-state index in [4.69, 9.17) is 0 Å². The van der Waals surface area contributed by atoms with Crippen molar-refractivity contribution in [3.05, 3.63) is 28.5 Å². The van der Waals surface area contributed by atoms with Gasteiger partial charge in [-0.05, 0) is 6.92 Å². The first-order valence-electron chi connectivity index (χ1n) is 5.08. The summed E-state index contributed by atoms with van der Waals surface area (Å²) in [6.07, 6.45) is 3.48. The Morgan fingerprint density at radius 2 is 2.41 bits per heavy atom. The van der Waals surface area contributed by atoms with Gasteiger partial charge in [-0.2, -0.15) is 5.10 Å². The van der Waals surface area contributed by atoms with Gasteiger partial charge in [0.1, 0.15) is 5.01 Å². The number of nitrogens with one attached hydrogen (secondary N) is 2. The highest BCUT2D eigenvalue weighted by Gasteiger charge is 2.07. The van der Waals surface area contributed by atoms with E-state index < -0.39 is 0 Å². The number of thiazole rings is 1. The van der Waals surface area contributed by atoms with Crippen molar-refractivity contribution in [3.8, 4) is 0 Å². The van der Waals surface area contributed by atoms with Crippen LogP contribution in [0, 0.1) is 6.92 Å². The minimum absolute atomic E-state index is 0.253. The molecule has 90 valence electrons. The molecule has 0 spiro atoms. The molecule has 0 aromatic carbocycles. The van der Waals surface area contributed by atoms with Gasteiger partial charge in [-0.25, -0.2) is 9.78 Å². The Kier molecular flexibility index (Phi) is 3.38. The highest BCUT2D eigenvalue weighted by molar-refractivity contribution is 7.09. The quantitative estimate of drug-likeness (QED) is 0.868. The van der Waals surface area contributed by atoms with Gasteiger partial charge in [-0.15, -0.1) is 11.3 Å². The van der Waals surface area contributed by atoms with Gasteiger partial charge < -0.3 is 10.6 Å². The van der Waals surface area contributed by atoms with Crippen LogP contribution in [0.2, 0.25) is 0 Å². The van der Waals surface area contributed by atoms with Gasteiger partial charge in [-0.1, -0.05) is 0 Å². The van der Waals surface area contributed by atoms with Crippen LogP contribution in [0.3, 0.4) is 0 Å². The largest absolute Gasteiger partial charge is 0.331 e. The number of rotatable bonds is 3. The molecule has 0 atom stereocenters. The van der Waals surface area contributed by atoms with Crippen LogP contribution in [-0.2, 0) is 13.6 Å². The monoisotopic (exact) mass is 251 g/mol. The summed E-state index contributed by atoms with van der Waals surface area (Å²) in [6.45, 7) is 2.28. The van der Waals surface area contributed by atoms with Crippen molar-refractivity contribution in [2.24, 2.45) is 7.05 Å². The van der Waals surface area contributed by atoms with E-state index in [1.165, 1.54) is 11.3 Å². The molecule has 0 aliphatic carbocycles. The smallest absolute Gasteiger partial charge is 0.319 e. The van der Waals surface area contributed by atoms with Crippen molar-refractivity contribution in [1.29, 1.82) is 0 Å². The predicted octanol–water partition coefficient (Wildman–Crippen LogP) is 1.51. The van der Waals surface area contributed by atoms with Crippen molar-refractivity contribution >= 4 is 23.1 Å². The van der Waals surface area contributed by atoms with Gasteiger partial charge in [0.25, 0.3) is 0 Å². The molecule has 0 aliphatic heterocycles. The number of aryl methyl sites for hydroxylation is 2. The lowest BCUT2D eigenvalue weighted by Crippen LogP contribution is -2.28. The van der Waals surface area contributed by atoms with Gasteiger partial charge in [0.15, 0.2) is 0 Å². The number of aromatic nitrogens is 3. The lowest BCUT2D eigenvalue weighted by Gasteiger charge is -2.04. The molecule has 6 nitrogen and oxygen atoms in total. The summed E-state index contributed by atoms with van der Waals surface area (Å²) in [5.74, 6) is 0. The first-order valence-corrected chi connectivity index (χ1v) is 5.96. The van der Waals surface area contributed by atoms with Crippen LogP contribution in [0.4, 0.5) is 10.5 Å². The third kappa shape index (κ3) is 3.04. The molecule has 17 heavy (non-hydrogen) atoms. The molecule has 0 bridgehead atoms. The Labute approximate surface area is 103 Å². The lowest BCUT2D eigenvalue weighted by atomic mass is 10.4. The second-order valence-corrected chi connectivity index (χ2v) is 4.51. The molecule has 0 saturated carbocycles. The number of amides is 2. The topological polar surface area (TPSA) is 71.8 Å². The molecule has 2 rings (SSSR count). The van der Waals surface area contributed by atoms with Crippen molar-refractivity contribution in [1.82, 2.24) is 20.1 Å². The molecule has 2 amide bonds. The van der Waals surface area contributed by atoms with Gasteiger partial charge in [0.05, 0.1) is 17.9 Å². The first-order chi connectivity index (χ1) is 8.15. The summed E-state index contributed by atoms with van der Waals surface area (Å²) in [4.78, 5) is 15.7. The Bertz CT molecular complexity index is 505. The molecular formula is C10H13N5OS. The fourth-order valence-electron chi connectivity index (χ4n) is 1.38. The minimum atomic E-state index is -0.253. The summed E-state index contributed by atoms with van der Waals surface area (Å²) < 4.78 is 1.66. The number of carbonyl (C=O) groups is 1. The zero-order valence-corrected chi connectivity index (χ0v) is 10.4. The zero-order chi connectivity index (χ0) is 12.3. The highest BCUT2D eigenvalue weighted by atomic mass is 32.1. The van der Waals surface area contributed by atoms with Crippen molar-refractivity contribution in [2.45, 2.75) is 13.5 Å². The minimum Gasteiger partial charge on any atom is -0.331 e. The van der Waals surface area contributed by atoms with Crippen LogP contribution in [-0.4, -0.2) is 20.8 Å². The van der Waals surface area contributed by atoms with Crippen LogP contribution in [0.1, 0.15) is 10.7 Å². The molecule has 2 aromatic rings. The van der Waals surface area contributed by atoms with Crippen LogP contribution < -0.4 is 10.6 Å². The number of hydrogen-bond acceptors (Lipinski definition) is 4. The third-order valence-corrected chi connectivity index (χ3v) is 2.92. The van der Waals surface area contributed by atoms with Crippen molar-refractivity contribution in [3.63, 3.8) is 0 Å². The maximum Gasteiger partial charge on any atom is 0.319 e. The second kappa shape index (κ2) is 4.96. The van der Waals surface area contributed by atoms with E-state index in [2.05, 4.69) is 20.7 Å². The molecular weight excluding hydrogens is 238 g/mol. The number of hydrogen-bond donors (Lipinski definition) is 2. The van der Waals surface area contributed by atoms with Crippen LogP contribution in [0.5, 0.6) is 0 Å². The van der Waals surface area contributed by atoms with E-state index in [1.54, 1.807) is 17.1 Å². The number of anilines is 1. The average molecular weight is 251 g/mol. The van der Waals surface area contributed by atoms with Gasteiger partial charge >= 0.3 is 6.03 Å². The van der Waals surface area contributed by atoms with Crippen molar-refractivity contribution in [2.75, 3.05) is 5.32 Å². The highest BCUT2D eigenvalue weighted by Crippen LogP contribution is 2.11. The number of nitrogens with zero attached hydrogens (tertiary/aromatic N) is 3. The summed E-state index contributed by atoms with van der Waals surface area (Å²) in [5.41, 5.74) is 1.50. The molecule has 0 radical (unpaired) electrons. The summed E-state index contributed by atoms with van der Waals surface area (Å²) in [5, 5.41) is 12.4. The molecule has 0 unspecified atom stereocenters. The molecule has 0 aliphatic rings.